The maximum Gasteiger partial charge on any atom is 0.322 e. The molecule has 2 aromatic carbocycles. The molecule has 0 atom stereocenters. The van der Waals surface area contributed by atoms with Gasteiger partial charge in [0.05, 0.1) is 14.2 Å². The van der Waals surface area contributed by atoms with Crippen molar-refractivity contribution < 1.29 is 18.7 Å². The highest BCUT2D eigenvalue weighted by molar-refractivity contribution is 9.10. The van der Waals surface area contributed by atoms with Gasteiger partial charge in [0.25, 0.3) is 5.91 Å². The highest BCUT2D eigenvalue weighted by Crippen LogP contribution is 2.28. The molecule has 1 N–H and O–H groups in total. The van der Waals surface area contributed by atoms with Gasteiger partial charge in [-0.2, -0.15) is 0 Å². The molecule has 1 amide bonds. The molecule has 3 rings (SSSR count). The number of hydrogen-bond donors (Lipinski definition) is 1. The lowest BCUT2D eigenvalue weighted by molar-refractivity contribution is -0.112. The summed E-state index contributed by atoms with van der Waals surface area (Å²) in [7, 11) is 3.12. The molecule has 1 aromatic heterocycles. The third-order valence-electron chi connectivity index (χ3n) is 3.56. The van der Waals surface area contributed by atoms with E-state index in [1.54, 1.807) is 32.4 Å². The maximum atomic E-state index is 12.1. The van der Waals surface area contributed by atoms with Gasteiger partial charge in [0.15, 0.2) is 11.5 Å². The molecule has 7 nitrogen and oxygen atoms in total. The average Bonchev–Trinajstić information content (AvgIpc) is 3.14. The van der Waals surface area contributed by atoms with Crippen LogP contribution in [0.15, 0.2) is 57.4 Å². The zero-order valence-electron chi connectivity index (χ0n) is 14.6. The fourth-order valence-electron chi connectivity index (χ4n) is 2.29. The molecule has 0 bridgehead atoms. The summed E-state index contributed by atoms with van der Waals surface area (Å²) in [5.41, 5.74) is 1.53. The molecule has 0 saturated carbocycles. The van der Waals surface area contributed by atoms with E-state index >= 15 is 0 Å². The molecule has 1 heterocycles. The van der Waals surface area contributed by atoms with Crippen LogP contribution in [-0.4, -0.2) is 30.3 Å². The molecule has 0 spiro atoms. The summed E-state index contributed by atoms with van der Waals surface area (Å²) < 4.78 is 16.8. The van der Waals surface area contributed by atoms with E-state index in [-0.39, 0.29) is 6.01 Å². The van der Waals surface area contributed by atoms with Crippen molar-refractivity contribution in [2.24, 2.45) is 0 Å². The molecular weight excluding hydrogens is 414 g/mol. The Labute approximate surface area is 164 Å². The van der Waals surface area contributed by atoms with Crippen molar-refractivity contribution in [2.45, 2.75) is 0 Å². The van der Waals surface area contributed by atoms with Gasteiger partial charge in [-0.3, -0.25) is 10.1 Å². The minimum Gasteiger partial charge on any atom is -0.493 e. The Kier molecular flexibility index (Phi) is 5.87. The van der Waals surface area contributed by atoms with Gasteiger partial charge >= 0.3 is 6.01 Å². The van der Waals surface area contributed by atoms with E-state index in [4.69, 9.17) is 13.9 Å². The lowest BCUT2D eigenvalue weighted by Gasteiger charge is -2.07. The number of amides is 1. The number of hydrogen-bond acceptors (Lipinski definition) is 6. The maximum absolute atomic E-state index is 12.1. The number of rotatable bonds is 6. The Bertz CT molecular complexity index is 985. The molecule has 0 radical (unpaired) electrons. The molecule has 3 aromatic rings. The van der Waals surface area contributed by atoms with Gasteiger partial charge in [-0.25, -0.2) is 0 Å². The highest BCUT2D eigenvalue weighted by Gasteiger charge is 2.10. The zero-order chi connectivity index (χ0) is 19.2. The van der Waals surface area contributed by atoms with Gasteiger partial charge in [0.1, 0.15) is 0 Å². The van der Waals surface area contributed by atoms with Crippen LogP contribution >= 0.6 is 15.9 Å². The molecule has 27 heavy (non-hydrogen) atoms. The number of nitrogens with one attached hydrogen (secondary N) is 1. The van der Waals surface area contributed by atoms with E-state index in [0.717, 1.165) is 15.6 Å². The molecule has 138 valence electrons. The topological polar surface area (TPSA) is 86.5 Å². The molecular formula is C19H16BrN3O4. The van der Waals surface area contributed by atoms with Gasteiger partial charge in [0, 0.05) is 16.1 Å². The second kappa shape index (κ2) is 8.50. The number of carbonyl (C=O) groups is 1. The van der Waals surface area contributed by atoms with Crippen LogP contribution in [0.2, 0.25) is 0 Å². The number of nitrogens with zero attached hydrogens (tertiary/aromatic N) is 2. The van der Waals surface area contributed by atoms with Gasteiger partial charge in [-0.15, -0.1) is 5.10 Å². The second-order valence-corrected chi connectivity index (χ2v) is 6.28. The van der Waals surface area contributed by atoms with Crippen molar-refractivity contribution >= 4 is 33.9 Å². The van der Waals surface area contributed by atoms with Crippen LogP contribution in [-0.2, 0) is 4.79 Å². The van der Waals surface area contributed by atoms with Gasteiger partial charge in [0.2, 0.25) is 5.89 Å². The van der Waals surface area contributed by atoms with Crippen molar-refractivity contribution in [2.75, 3.05) is 19.5 Å². The highest BCUT2D eigenvalue weighted by atomic mass is 79.9. The Morgan fingerprint density at radius 3 is 2.67 bits per heavy atom. The van der Waals surface area contributed by atoms with Crippen LogP contribution in [0.4, 0.5) is 6.01 Å². The van der Waals surface area contributed by atoms with Crippen LogP contribution in [0, 0.1) is 0 Å². The standard InChI is InChI=1S/C19H16BrN3O4/c1-25-15-8-6-12(10-16(15)26-2)7-9-17(24)21-19-23-22-18(27-19)13-4-3-5-14(20)11-13/h3-11H,1-2H3,(H,21,23,24)/b9-7+. The molecule has 0 aliphatic rings. The van der Waals surface area contributed by atoms with E-state index in [9.17, 15) is 4.79 Å². The minimum absolute atomic E-state index is 0.0203. The van der Waals surface area contributed by atoms with E-state index in [1.807, 2.05) is 30.3 Å². The fraction of sp³-hybridized carbons (Fsp3) is 0.105. The number of carbonyl (C=O) groups excluding carboxylic acids is 1. The van der Waals surface area contributed by atoms with E-state index in [0.29, 0.717) is 17.4 Å². The van der Waals surface area contributed by atoms with E-state index in [1.165, 1.54) is 6.08 Å². The first kappa shape index (κ1) is 18.7. The fourth-order valence-corrected chi connectivity index (χ4v) is 2.69. The van der Waals surface area contributed by atoms with Crippen LogP contribution in [0.3, 0.4) is 0 Å². The van der Waals surface area contributed by atoms with Crippen LogP contribution in [0.1, 0.15) is 5.56 Å². The first-order chi connectivity index (χ1) is 13.1. The SMILES string of the molecule is COc1ccc(/C=C/C(=O)Nc2nnc(-c3cccc(Br)c3)o2)cc1OC. The first-order valence-corrected chi connectivity index (χ1v) is 8.69. The quantitative estimate of drug-likeness (QED) is 0.591. The lowest BCUT2D eigenvalue weighted by atomic mass is 10.2. The summed E-state index contributed by atoms with van der Waals surface area (Å²) >= 11 is 3.38. The Balaban J connectivity index is 1.67. The summed E-state index contributed by atoms with van der Waals surface area (Å²) in [6, 6.07) is 12.8. The first-order valence-electron chi connectivity index (χ1n) is 7.89. The number of anilines is 1. The van der Waals surface area contributed by atoms with Crippen molar-refractivity contribution in [1.82, 2.24) is 10.2 Å². The largest absolute Gasteiger partial charge is 0.493 e. The normalized spacial score (nSPS) is 10.8. The Morgan fingerprint density at radius 1 is 1.11 bits per heavy atom. The van der Waals surface area contributed by atoms with Gasteiger partial charge in [-0.1, -0.05) is 33.2 Å². The van der Waals surface area contributed by atoms with Gasteiger partial charge < -0.3 is 13.9 Å². The van der Waals surface area contributed by atoms with Crippen molar-refractivity contribution in [3.8, 4) is 23.0 Å². The van der Waals surface area contributed by atoms with Crippen molar-refractivity contribution in [3.05, 3.63) is 58.6 Å². The van der Waals surface area contributed by atoms with Crippen LogP contribution in [0.25, 0.3) is 17.5 Å². The molecule has 0 aliphatic carbocycles. The van der Waals surface area contributed by atoms with E-state index < -0.39 is 5.91 Å². The van der Waals surface area contributed by atoms with Crippen molar-refractivity contribution in [3.63, 3.8) is 0 Å². The molecule has 0 unspecified atom stereocenters. The summed E-state index contributed by atoms with van der Waals surface area (Å²) in [6.07, 6.45) is 3.01. The predicted molar refractivity (Wildman–Crippen MR) is 105 cm³/mol. The number of ether oxygens (including phenoxy) is 2. The Hall–Kier alpha value is -3.13. The number of halogens is 1. The average molecular weight is 430 g/mol. The summed E-state index contributed by atoms with van der Waals surface area (Å²) in [4.78, 5) is 12.1. The number of benzene rings is 2. The number of aromatic nitrogens is 2. The predicted octanol–water partition coefficient (Wildman–Crippen LogP) is 4.17. The van der Waals surface area contributed by atoms with E-state index in [2.05, 4.69) is 31.4 Å². The number of methoxy groups -OCH3 is 2. The van der Waals surface area contributed by atoms with Gasteiger partial charge in [-0.05, 0) is 42.0 Å². The molecule has 0 fully saturated rings. The summed E-state index contributed by atoms with van der Waals surface area (Å²) in [5.74, 6) is 1.12. The molecule has 0 saturated heterocycles. The zero-order valence-corrected chi connectivity index (χ0v) is 16.2. The lowest BCUT2D eigenvalue weighted by Crippen LogP contribution is -2.07. The molecule has 8 heteroatoms. The smallest absolute Gasteiger partial charge is 0.322 e. The molecule has 0 aliphatic heterocycles. The summed E-state index contributed by atoms with van der Waals surface area (Å²) in [5, 5.41) is 10.3. The Morgan fingerprint density at radius 2 is 1.93 bits per heavy atom. The summed E-state index contributed by atoms with van der Waals surface area (Å²) in [6.45, 7) is 0. The van der Waals surface area contributed by atoms with Crippen LogP contribution < -0.4 is 14.8 Å². The van der Waals surface area contributed by atoms with Crippen molar-refractivity contribution in [1.29, 1.82) is 0 Å². The third kappa shape index (κ3) is 4.73. The monoisotopic (exact) mass is 429 g/mol. The second-order valence-electron chi connectivity index (χ2n) is 5.36. The minimum atomic E-state index is -0.394. The third-order valence-corrected chi connectivity index (χ3v) is 4.05. The van der Waals surface area contributed by atoms with Crippen LogP contribution in [0.5, 0.6) is 11.5 Å².